The lowest BCUT2D eigenvalue weighted by Crippen LogP contribution is -2.32. The van der Waals surface area contributed by atoms with Crippen LogP contribution < -0.4 is 15.0 Å². The molecule has 1 N–H and O–H groups in total. The van der Waals surface area contributed by atoms with Gasteiger partial charge in [-0.3, -0.25) is 9.59 Å². The predicted octanol–water partition coefficient (Wildman–Crippen LogP) is 3.28. The maximum absolute atomic E-state index is 13.0. The Morgan fingerprint density at radius 2 is 1.85 bits per heavy atom. The fourth-order valence-corrected chi connectivity index (χ4v) is 3.05. The minimum atomic E-state index is -0.411. The van der Waals surface area contributed by atoms with Crippen molar-refractivity contribution >= 4 is 17.5 Å². The van der Waals surface area contributed by atoms with E-state index < -0.39 is 5.92 Å². The third kappa shape index (κ3) is 4.84. The van der Waals surface area contributed by atoms with E-state index in [-0.39, 0.29) is 30.2 Å². The summed E-state index contributed by atoms with van der Waals surface area (Å²) in [4.78, 5) is 26.2. The van der Waals surface area contributed by atoms with Gasteiger partial charge in [0.15, 0.2) is 0 Å². The van der Waals surface area contributed by atoms with E-state index in [1.807, 2.05) is 38.1 Å². The van der Waals surface area contributed by atoms with Crippen LogP contribution in [0.1, 0.15) is 25.8 Å². The zero-order chi connectivity index (χ0) is 19.4. The summed E-state index contributed by atoms with van der Waals surface area (Å²) in [5.74, 6) is -0.264. The highest BCUT2D eigenvalue weighted by atomic mass is 19.1. The first-order valence-electron chi connectivity index (χ1n) is 9.01. The van der Waals surface area contributed by atoms with Crippen molar-refractivity contribution in [2.24, 2.45) is 5.92 Å². The average molecular weight is 370 g/mol. The second kappa shape index (κ2) is 8.20. The summed E-state index contributed by atoms with van der Waals surface area (Å²) >= 11 is 0. The number of nitrogens with one attached hydrogen (secondary N) is 1. The van der Waals surface area contributed by atoms with Gasteiger partial charge >= 0.3 is 0 Å². The van der Waals surface area contributed by atoms with Crippen LogP contribution in [-0.4, -0.2) is 24.5 Å². The molecule has 1 atom stereocenters. The maximum atomic E-state index is 13.0. The molecular weight excluding hydrogens is 347 g/mol. The predicted molar refractivity (Wildman–Crippen MR) is 101 cm³/mol. The van der Waals surface area contributed by atoms with Crippen molar-refractivity contribution in [1.82, 2.24) is 5.32 Å². The van der Waals surface area contributed by atoms with Gasteiger partial charge in [0.1, 0.15) is 11.6 Å². The van der Waals surface area contributed by atoms with Crippen molar-refractivity contribution in [3.05, 3.63) is 59.9 Å². The number of benzene rings is 2. The summed E-state index contributed by atoms with van der Waals surface area (Å²) in [6.45, 7) is 4.62. The van der Waals surface area contributed by atoms with Crippen molar-refractivity contribution in [3.63, 3.8) is 0 Å². The first-order chi connectivity index (χ1) is 12.9. The van der Waals surface area contributed by atoms with Crippen LogP contribution in [0.25, 0.3) is 0 Å². The summed E-state index contributed by atoms with van der Waals surface area (Å²) < 4.78 is 18.6. The molecule has 1 aliphatic rings. The van der Waals surface area contributed by atoms with Crippen LogP contribution in [0, 0.1) is 11.7 Å². The molecule has 2 amide bonds. The lowest BCUT2D eigenvalue weighted by Gasteiger charge is -2.16. The van der Waals surface area contributed by atoms with Crippen LogP contribution in [0.15, 0.2) is 48.5 Å². The van der Waals surface area contributed by atoms with Crippen molar-refractivity contribution in [2.45, 2.75) is 32.9 Å². The van der Waals surface area contributed by atoms with Crippen LogP contribution in [0.4, 0.5) is 10.1 Å². The standard InChI is InChI=1S/C21H23FN2O3/c1-14(2)27-19-9-3-15(4-10-19)12-23-21(26)16-11-20(25)24(13-16)18-7-5-17(22)6-8-18/h3-10,14,16H,11-13H2,1-2H3,(H,23,26). The number of carbonyl (C=O) groups excluding carboxylic acids is 2. The Bertz CT molecular complexity index is 803. The third-order valence-corrected chi connectivity index (χ3v) is 4.40. The number of rotatable bonds is 6. The summed E-state index contributed by atoms with van der Waals surface area (Å²) in [6.07, 6.45) is 0.268. The summed E-state index contributed by atoms with van der Waals surface area (Å²) in [7, 11) is 0. The van der Waals surface area contributed by atoms with Gasteiger partial charge in [-0.05, 0) is 55.8 Å². The molecule has 0 saturated carbocycles. The molecule has 1 saturated heterocycles. The fraction of sp³-hybridized carbons (Fsp3) is 0.333. The van der Waals surface area contributed by atoms with Gasteiger partial charge in [-0.15, -0.1) is 0 Å². The maximum Gasteiger partial charge on any atom is 0.227 e. The number of ether oxygens (including phenoxy) is 1. The van der Waals surface area contributed by atoms with E-state index in [9.17, 15) is 14.0 Å². The molecule has 3 rings (SSSR count). The molecule has 0 aromatic heterocycles. The van der Waals surface area contributed by atoms with Crippen LogP contribution >= 0.6 is 0 Å². The molecule has 0 spiro atoms. The monoisotopic (exact) mass is 370 g/mol. The minimum absolute atomic E-state index is 0.111. The lowest BCUT2D eigenvalue weighted by molar-refractivity contribution is -0.126. The van der Waals surface area contributed by atoms with Crippen LogP contribution in [-0.2, 0) is 16.1 Å². The molecule has 1 unspecified atom stereocenters. The smallest absolute Gasteiger partial charge is 0.227 e. The van der Waals surface area contributed by atoms with Gasteiger partial charge in [0.2, 0.25) is 11.8 Å². The summed E-state index contributed by atoms with van der Waals surface area (Å²) in [5.41, 5.74) is 1.57. The average Bonchev–Trinajstić information content (AvgIpc) is 3.03. The van der Waals surface area contributed by atoms with Crippen molar-refractivity contribution in [1.29, 1.82) is 0 Å². The highest BCUT2D eigenvalue weighted by Gasteiger charge is 2.34. The number of anilines is 1. The number of carbonyl (C=O) groups is 2. The van der Waals surface area contributed by atoms with Crippen molar-refractivity contribution in [2.75, 3.05) is 11.4 Å². The molecule has 0 aliphatic carbocycles. The molecule has 0 radical (unpaired) electrons. The van der Waals surface area contributed by atoms with E-state index in [2.05, 4.69) is 5.32 Å². The Morgan fingerprint density at radius 3 is 2.48 bits per heavy atom. The molecule has 1 aliphatic heterocycles. The Hall–Kier alpha value is -2.89. The van der Waals surface area contributed by atoms with Crippen molar-refractivity contribution < 1.29 is 18.7 Å². The van der Waals surface area contributed by atoms with Crippen molar-refractivity contribution in [3.8, 4) is 5.75 Å². The fourth-order valence-electron chi connectivity index (χ4n) is 3.05. The molecule has 1 heterocycles. The van der Waals surface area contributed by atoms with Gasteiger partial charge in [0.05, 0.1) is 12.0 Å². The topological polar surface area (TPSA) is 58.6 Å². The lowest BCUT2D eigenvalue weighted by atomic mass is 10.1. The van der Waals surface area contributed by atoms with Gasteiger partial charge in [0, 0.05) is 25.2 Å². The first-order valence-corrected chi connectivity index (χ1v) is 9.01. The van der Waals surface area contributed by atoms with E-state index in [1.54, 1.807) is 12.1 Å². The summed E-state index contributed by atoms with van der Waals surface area (Å²) in [6, 6.07) is 13.3. The van der Waals surface area contributed by atoms with E-state index in [0.717, 1.165) is 11.3 Å². The molecule has 27 heavy (non-hydrogen) atoms. The number of hydrogen-bond acceptors (Lipinski definition) is 3. The Kier molecular flexibility index (Phi) is 5.74. The number of halogens is 1. The van der Waals surface area contributed by atoms with Crippen LogP contribution in [0.3, 0.4) is 0 Å². The van der Waals surface area contributed by atoms with Crippen LogP contribution in [0.5, 0.6) is 5.75 Å². The quantitative estimate of drug-likeness (QED) is 0.849. The molecule has 2 aromatic carbocycles. The zero-order valence-electron chi connectivity index (χ0n) is 15.4. The molecule has 142 valence electrons. The molecular formula is C21H23FN2O3. The summed E-state index contributed by atoms with van der Waals surface area (Å²) in [5, 5.41) is 2.88. The molecule has 1 fully saturated rings. The van der Waals surface area contributed by atoms with E-state index in [0.29, 0.717) is 18.8 Å². The van der Waals surface area contributed by atoms with Gasteiger partial charge in [0.25, 0.3) is 0 Å². The number of nitrogens with zero attached hydrogens (tertiary/aromatic N) is 1. The Balaban J connectivity index is 1.54. The highest BCUT2D eigenvalue weighted by Crippen LogP contribution is 2.25. The zero-order valence-corrected chi connectivity index (χ0v) is 15.4. The second-order valence-corrected chi connectivity index (χ2v) is 6.91. The minimum Gasteiger partial charge on any atom is -0.491 e. The second-order valence-electron chi connectivity index (χ2n) is 6.91. The molecule has 0 bridgehead atoms. The Morgan fingerprint density at radius 1 is 1.19 bits per heavy atom. The molecule has 5 nitrogen and oxygen atoms in total. The van der Waals surface area contributed by atoms with Gasteiger partial charge in [-0.2, -0.15) is 0 Å². The molecule has 6 heteroatoms. The van der Waals surface area contributed by atoms with E-state index >= 15 is 0 Å². The largest absolute Gasteiger partial charge is 0.491 e. The molecule has 2 aromatic rings. The van der Waals surface area contributed by atoms with Gasteiger partial charge < -0.3 is 15.0 Å². The van der Waals surface area contributed by atoms with E-state index in [1.165, 1.54) is 17.0 Å². The third-order valence-electron chi connectivity index (χ3n) is 4.40. The van der Waals surface area contributed by atoms with Crippen LogP contribution in [0.2, 0.25) is 0 Å². The number of amides is 2. The Labute approximate surface area is 158 Å². The number of hydrogen-bond donors (Lipinski definition) is 1. The SMILES string of the molecule is CC(C)Oc1ccc(CNC(=O)C2CC(=O)N(c3ccc(F)cc3)C2)cc1. The van der Waals surface area contributed by atoms with E-state index in [4.69, 9.17) is 4.74 Å². The van der Waals surface area contributed by atoms with Gasteiger partial charge in [-0.1, -0.05) is 12.1 Å². The highest BCUT2D eigenvalue weighted by molar-refractivity contribution is 6.00. The normalized spacial score (nSPS) is 16.7. The van der Waals surface area contributed by atoms with Gasteiger partial charge in [-0.25, -0.2) is 4.39 Å². The first kappa shape index (κ1) is 18.9.